The largest absolute Gasteiger partial charge is 0.462 e. The summed E-state index contributed by atoms with van der Waals surface area (Å²) in [5.41, 5.74) is 0. The van der Waals surface area contributed by atoms with Gasteiger partial charge in [0.15, 0.2) is 6.10 Å². The maximum atomic E-state index is 12.9. The van der Waals surface area contributed by atoms with E-state index in [4.69, 9.17) is 14.2 Å². The van der Waals surface area contributed by atoms with E-state index in [-0.39, 0.29) is 31.1 Å². The predicted molar refractivity (Wildman–Crippen MR) is 343 cm³/mol. The minimum absolute atomic E-state index is 0.0959. The zero-order valence-corrected chi connectivity index (χ0v) is 51.3. The summed E-state index contributed by atoms with van der Waals surface area (Å²) in [5.74, 6) is -0.928. The normalized spacial score (nSPS) is 13.0. The van der Waals surface area contributed by atoms with E-state index in [1.807, 2.05) is 0 Å². The summed E-state index contributed by atoms with van der Waals surface area (Å²) in [6.07, 6.45) is 93.1. The summed E-state index contributed by atoms with van der Waals surface area (Å²) in [6, 6.07) is 0. The fraction of sp³-hybridized carbons (Fsp3) is 0.658. The summed E-state index contributed by atoms with van der Waals surface area (Å²) in [5, 5.41) is 0. The third kappa shape index (κ3) is 64.3. The van der Waals surface area contributed by atoms with Crippen LogP contribution in [0.4, 0.5) is 0 Å². The number of carbonyl (C=O) groups excluding carboxylic acids is 3. The molecule has 0 radical (unpaired) electrons. The SMILES string of the molecule is CC/C=C\C/C=C\C/C=C\C/C=C\C/C=C\CCCCCCCCCCCC(=O)OCC(COC(=O)CCCCCCC/C=C\C/C=C\C/C=C\CC)OC(=O)CCCCCCCC/C=C\C/C=C\C/C=C\CCCCCCC. The number of hydrogen-bond donors (Lipinski definition) is 0. The molecule has 0 heterocycles. The monoisotopic (exact) mass is 1090 g/mol. The summed E-state index contributed by atoms with van der Waals surface area (Å²) in [4.78, 5) is 38.4. The third-order valence-electron chi connectivity index (χ3n) is 13.6. The second-order valence-corrected chi connectivity index (χ2v) is 21.3. The fourth-order valence-electron chi connectivity index (χ4n) is 8.79. The van der Waals surface area contributed by atoms with E-state index in [0.29, 0.717) is 19.3 Å². The molecular weight excluding hydrogens is 973 g/mol. The summed E-state index contributed by atoms with van der Waals surface area (Å²) >= 11 is 0. The first-order valence-electron chi connectivity index (χ1n) is 32.7. The highest BCUT2D eigenvalue weighted by atomic mass is 16.6. The molecule has 0 N–H and O–H groups in total. The Balaban J connectivity index is 4.42. The van der Waals surface area contributed by atoms with Gasteiger partial charge >= 0.3 is 17.9 Å². The molecule has 0 aliphatic carbocycles. The van der Waals surface area contributed by atoms with Gasteiger partial charge in [-0.3, -0.25) is 14.4 Å². The van der Waals surface area contributed by atoms with Crippen molar-refractivity contribution < 1.29 is 28.6 Å². The lowest BCUT2D eigenvalue weighted by Gasteiger charge is -2.18. The quantitative estimate of drug-likeness (QED) is 0.0261. The third-order valence-corrected chi connectivity index (χ3v) is 13.6. The molecule has 6 nitrogen and oxygen atoms in total. The van der Waals surface area contributed by atoms with Gasteiger partial charge in [-0.05, 0) is 135 Å². The molecule has 0 saturated heterocycles. The maximum Gasteiger partial charge on any atom is 0.306 e. The fourth-order valence-corrected chi connectivity index (χ4v) is 8.79. The molecule has 448 valence electrons. The van der Waals surface area contributed by atoms with Gasteiger partial charge in [-0.2, -0.15) is 0 Å². The number of allylic oxidation sites excluding steroid dienone is 22. The average molecular weight is 1090 g/mol. The minimum Gasteiger partial charge on any atom is -0.462 e. The van der Waals surface area contributed by atoms with Gasteiger partial charge in [0.05, 0.1) is 0 Å². The van der Waals surface area contributed by atoms with Crippen molar-refractivity contribution in [3.05, 3.63) is 134 Å². The molecule has 0 aliphatic heterocycles. The predicted octanol–water partition coefficient (Wildman–Crippen LogP) is 22.5. The van der Waals surface area contributed by atoms with E-state index in [9.17, 15) is 14.4 Å². The number of esters is 3. The number of unbranched alkanes of at least 4 members (excludes halogenated alkanes) is 25. The molecule has 79 heavy (non-hydrogen) atoms. The molecule has 0 aromatic carbocycles. The Labute approximate surface area is 487 Å². The zero-order chi connectivity index (χ0) is 57.1. The number of rotatable bonds is 58. The smallest absolute Gasteiger partial charge is 0.306 e. The van der Waals surface area contributed by atoms with Crippen LogP contribution in [0, 0.1) is 0 Å². The van der Waals surface area contributed by atoms with E-state index in [2.05, 4.69) is 154 Å². The molecule has 0 aliphatic rings. The first kappa shape index (κ1) is 74.5. The Morgan fingerprint density at radius 2 is 0.494 bits per heavy atom. The van der Waals surface area contributed by atoms with Gasteiger partial charge in [-0.15, -0.1) is 0 Å². The van der Waals surface area contributed by atoms with Crippen molar-refractivity contribution in [2.45, 2.75) is 297 Å². The van der Waals surface area contributed by atoms with Crippen molar-refractivity contribution >= 4 is 17.9 Å². The van der Waals surface area contributed by atoms with Crippen molar-refractivity contribution in [2.75, 3.05) is 13.2 Å². The van der Waals surface area contributed by atoms with Crippen molar-refractivity contribution in [3.63, 3.8) is 0 Å². The van der Waals surface area contributed by atoms with E-state index in [0.717, 1.165) is 161 Å². The second-order valence-electron chi connectivity index (χ2n) is 21.3. The van der Waals surface area contributed by atoms with Crippen LogP contribution < -0.4 is 0 Å². The number of ether oxygens (including phenoxy) is 3. The van der Waals surface area contributed by atoms with Gasteiger partial charge in [-0.1, -0.05) is 270 Å². The number of hydrogen-bond acceptors (Lipinski definition) is 6. The molecular formula is C73H120O6. The van der Waals surface area contributed by atoms with Crippen molar-refractivity contribution in [2.24, 2.45) is 0 Å². The first-order chi connectivity index (χ1) is 39.0. The van der Waals surface area contributed by atoms with Crippen LogP contribution in [0.1, 0.15) is 290 Å². The molecule has 1 unspecified atom stereocenters. The lowest BCUT2D eigenvalue weighted by atomic mass is 10.1. The summed E-state index contributed by atoms with van der Waals surface area (Å²) in [7, 11) is 0. The molecule has 0 fully saturated rings. The van der Waals surface area contributed by atoms with Gasteiger partial charge < -0.3 is 14.2 Å². The molecule has 0 bridgehead atoms. The van der Waals surface area contributed by atoms with E-state index in [1.54, 1.807) is 0 Å². The molecule has 1 atom stereocenters. The molecule has 0 amide bonds. The van der Waals surface area contributed by atoms with Crippen LogP contribution in [0.15, 0.2) is 134 Å². The van der Waals surface area contributed by atoms with Crippen LogP contribution >= 0.6 is 0 Å². The lowest BCUT2D eigenvalue weighted by molar-refractivity contribution is -0.167. The molecule has 0 spiro atoms. The summed E-state index contributed by atoms with van der Waals surface area (Å²) < 4.78 is 16.9. The zero-order valence-electron chi connectivity index (χ0n) is 51.3. The van der Waals surface area contributed by atoms with E-state index < -0.39 is 6.10 Å². The standard InChI is InChI=1S/C73H120O6/c1-4-7-10-13-16-19-22-25-28-30-32-34-35-36-37-39-40-42-45-48-51-54-57-60-63-66-72(75)78-69-70(68-77-71(74)65-62-59-56-53-50-47-44-27-24-21-18-15-12-9-6-3)79-73(76)67-64-61-58-55-52-49-46-43-41-38-33-31-29-26-23-20-17-14-11-8-5-2/h7,9-10,12,16,18-19,21,23,25-28,31-34,36-37,41,43-44,70H,4-6,8,11,13-15,17,20,22,24,29-30,35,38-40,42,45-69H2,1-3H3/b10-7-,12-9-,19-16-,21-18-,26-23-,28-25-,33-31-,34-32-,37-36-,43-41-,44-27-. The molecule has 0 saturated carbocycles. The van der Waals surface area contributed by atoms with Crippen molar-refractivity contribution in [3.8, 4) is 0 Å². The van der Waals surface area contributed by atoms with Crippen LogP contribution in [0.2, 0.25) is 0 Å². The molecule has 0 aromatic rings. The Morgan fingerprint density at radius 1 is 0.266 bits per heavy atom. The Kier molecular flexibility index (Phi) is 62.3. The van der Waals surface area contributed by atoms with E-state index in [1.165, 1.54) is 89.9 Å². The number of carbonyl (C=O) groups is 3. The highest BCUT2D eigenvalue weighted by molar-refractivity contribution is 5.71. The summed E-state index contributed by atoms with van der Waals surface area (Å²) in [6.45, 7) is 6.39. The Morgan fingerprint density at radius 3 is 0.772 bits per heavy atom. The minimum atomic E-state index is -0.802. The lowest BCUT2D eigenvalue weighted by Crippen LogP contribution is -2.30. The van der Waals surface area contributed by atoms with Gasteiger partial charge in [0.25, 0.3) is 0 Å². The topological polar surface area (TPSA) is 78.9 Å². The van der Waals surface area contributed by atoms with Gasteiger partial charge in [-0.25, -0.2) is 0 Å². The molecule has 0 rings (SSSR count). The highest BCUT2D eigenvalue weighted by Crippen LogP contribution is 2.15. The Hall–Kier alpha value is -4.45. The molecule has 6 heteroatoms. The van der Waals surface area contributed by atoms with E-state index >= 15 is 0 Å². The van der Waals surface area contributed by atoms with Crippen LogP contribution in [-0.2, 0) is 28.6 Å². The van der Waals surface area contributed by atoms with Crippen molar-refractivity contribution in [1.82, 2.24) is 0 Å². The first-order valence-corrected chi connectivity index (χ1v) is 32.7. The Bertz CT molecular complexity index is 1680. The van der Waals surface area contributed by atoms with Gasteiger partial charge in [0.2, 0.25) is 0 Å². The van der Waals surface area contributed by atoms with Crippen molar-refractivity contribution in [1.29, 1.82) is 0 Å². The van der Waals surface area contributed by atoms with Crippen LogP contribution in [0.25, 0.3) is 0 Å². The van der Waals surface area contributed by atoms with Crippen LogP contribution in [-0.4, -0.2) is 37.2 Å². The second kappa shape index (κ2) is 66.1. The van der Waals surface area contributed by atoms with Crippen LogP contribution in [0.5, 0.6) is 0 Å². The van der Waals surface area contributed by atoms with Gasteiger partial charge in [0, 0.05) is 19.3 Å². The molecule has 0 aromatic heterocycles. The van der Waals surface area contributed by atoms with Gasteiger partial charge in [0.1, 0.15) is 13.2 Å². The average Bonchev–Trinajstić information content (AvgIpc) is 3.45. The van der Waals surface area contributed by atoms with Crippen LogP contribution in [0.3, 0.4) is 0 Å². The maximum absolute atomic E-state index is 12.9. The highest BCUT2D eigenvalue weighted by Gasteiger charge is 2.19.